The molecule has 1 N–H and O–H groups in total. The van der Waals surface area contributed by atoms with Crippen molar-refractivity contribution in [3.63, 3.8) is 0 Å². The Hall–Kier alpha value is -2.54. The number of piperidine rings is 1. The van der Waals surface area contributed by atoms with Crippen LogP contribution in [0.25, 0.3) is 16.7 Å². The van der Waals surface area contributed by atoms with Gasteiger partial charge in [-0.2, -0.15) is 5.10 Å². The molecule has 1 aromatic carbocycles. The number of halogens is 1. The van der Waals surface area contributed by atoms with Crippen LogP contribution < -0.4 is 10.1 Å². The van der Waals surface area contributed by atoms with Gasteiger partial charge in [0.25, 0.3) is 0 Å². The maximum Gasteiger partial charge on any atom is 0.228 e. The number of rotatable bonds is 3. The first-order chi connectivity index (χ1) is 12.7. The zero-order valence-corrected chi connectivity index (χ0v) is 14.5. The van der Waals surface area contributed by atoms with Crippen molar-refractivity contribution in [2.75, 3.05) is 0 Å². The second kappa shape index (κ2) is 6.02. The fraction of sp³-hybridized carbons (Fsp3) is 0.421. The van der Waals surface area contributed by atoms with Crippen molar-refractivity contribution in [2.45, 2.75) is 50.8 Å². The molecule has 0 radical (unpaired) electrons. The van der Waals surface area contributed by atoms with Crippen LogP contribution >= 0.6 is 0 Å². The van der Waals surface area contributed by atoms with Crippen molar-refractivity contribution in [2.24, 2.45) is 0 Å². The van der Waals surface area contributed by atoms with Crippen LogP contribution in [-0.4, -0.2) is 37.9 Å². The van der Waals surface area contributed by atoms with Crippen LogP contribution in [0.2, 0.25) is 0 Å². The van der Waals surface area contributed by atoms with Gasteiger partial charge in [0.15, 0.2) is 5.65 Å². The van der Waals surface area contributed by atoms with Crippen molar-refractivity contribution >= 4 is 11.0 Å². The molecule has 2 aromatic heterocycles. The fourth-order valence-corrected chi connectivity index (χ4v) is 4.14. The van der Waals surface area contributed by atoms with E-state index in [1.807, 2.05) is 13.0 Å². The number of nitrogens with one attached hydrogen (secondary N) is 1. The predicted octanol–water partition coefficient (Wildman–Crippen LogP) is 2.92. The summed E-state index contributed by atoms with van der Waals surface area (Å²) >= 11 is 0. The molecule has 2 atom stereocenters. The van der Waals surface area contributed by atoms with E-state index in [1.54, 1.807) is 12.3 Å². The number of aryl methyl sites for hydroxylation is 1. The highest BCUT2D eigenvalue weighted by atomic mass is 19.1. The lowest BCUT2D eigenvalue weighted by atomic mass is 10.0. The number of nitrogens with zero attached hydrogens (tertiary/aromatic N) is 4. The second-order valence-corrected chi connectivity index (χ2v) is 7.28. The van der Waals surface area contributed by atoms with Gasteiger partial charge >= 0.3 is 0 Å². The summed E-state index contributed by atoms with van der Waals surface area (Å²) in [6.45, 7) is 1.86. The summed E-state index contributed by atoms with van der Waals surface area (Å²) in [7, 11) is 0. The normalized spacial score (nSPS) is 24.9. The molecule has 0 spiro atoms. The smallest absolute Gasteiger partial charge is 0.228 e. The van der Waals surface area contributed by atoms with E-state index < -0.39 is 0 Å². The van der Waals surface area contributed by atoms with Crippen molar-refractivity contribution in [3.05, 3.63) is 42.1 Å². The van der Waals surface area contributed by atoms with Gasteiger partial charge in [0, 0.05) is 12.1 Å². The van der Waals surface area contributed by atoms with Crippen LogP contribution in [0.5, 0.6) is 5.88 Å². The molecule has 134 valence electrons. The first-order valence-corrected chi connectivity index (χ1v) is 9.05. The molecular formula is C19H20FN5O. The number of hydrogen-bond donors (Lipinski definition) is 1. The summed E-state index contributed by atoms with van der Waals surface area (Å²) in [6.07, 6.45) is 7.66. The Morgan fingerprint density at radius 1 is 1.19 bits per heavy atom. The molecule has 5 rings (SSSR count). The average Bonchev–Trinajstić information content (AvgIpc) is 3.19. The van der Waals surface area contributed by atoms with Crippen molar-refractivity contribution < 1.29 is 9.13 Å². The Balaban J connectivity index is 1.49. The van der Waals surface area contributed by atoms with Gasteiger partial charge in [0.05, 0.1) is 6.20 Å². The van der Waals surface area contributed by atoms with E-state index in [9.17, 15) is 4.39 Å². The molecule has 2 aliphatic rings. The van der Waals surface area contributed by atoms with E-state index in [0.717, 1.165) is 18.4 Å². The largest absolute Gasteiger partial charge is 0.474 e. The SMILES string of the molecule is Cc1ccc(-n2ncc3c(OC4CC5CCC(C4)N5)ncnc32)c(F)c1. The van der Waals surface area contributed by atoms with Crippen LogP contribution in [0.15, 0.2) is 30.7 Å². The molecule has 4 heterocycles. The van der Waals surface area contributed by atoms with Gasteiger partial charge in [-0.1, -0.05) is 6.07 Å². The quantitative estimate of drug-likeness (QED) is 0.784. The van der Waals surface area contributed by atoms with Gasteiger partial charge in [-0.25, -0.2) is 19.0 Å². The van der Waals surface area contributed by atoms with Crippen molar-refractivity contribution in [1.29, 1.82) is 0 Å². The van der Waals surface area contributed by atoms with Crippen molar-refractivity contribution in [1.82, 2.24) is 25.1 Å². The minimum absolute atomic E-state index is 0.145. The minimum Gasteiger partial charge on any atom is -0.474 e. The van der Waals surface area contributed by atoms with E-state index >= 15 is 0 Å². The summed E-state index contributed by atoms with van der Waals surface area (Å²) in [5.74, 6) is 0.200. The lowest BCUT2D eigenvalue weighted by Crippen LogP contribution is -2.42. The van der Waals surface area contributed by atoms with E-state index in [2.05, 4.69) is 20.4 Å². The highest BCUT2D eigenvalue weighted by molar-refractivity contribution is 5.81. The Morgan fingerprint density at radius 2 is 2.00 bits per heavy atom. The number of benzene rings is 1. The Morgan fingerprint density at radius 3 is 2.77 bits per heavy atom. The zero-order valence-electron chi connectivity index (χ0n) is 14.5. The molecular weight excluding hydrogens is 333 g/mol. The van der Waals surface area contributed by atoms with Crippen LogP contribution in [0.4, 0.5) is 4.39 Å². The summed E-state index contributed by atoms with van der Waals surface area (Å²) in [6, 6.07) is 6.15. The van der Waals surface area contributed by atoms with Gasteiger partial charge < -0.3 is 10.1 Å². The molecule has 0 aliphatic carbocycles. The molecule has 6 nitrogen and oxygen atoms in total. The standard InChI is InChI=1S/C19H20FN5O/c1-11-2-5-17(16(20)6-11)25-18-15(9-23-25)19(22-10-21-18)26-14-7-12-3-4-13(8-14)24-12/h2,5-6,9-10,12-14,24H,3-4,7-8H2,1H3. The summed E-state index contributed by atoms with van der Waals surface area (Å²) < 4.78 is 22.1. The average molecular weight is 353 g/mol. The number of fused-ring (bicyclic) bond motifs is 3. The summed E-state index contributed by atoms with van der Waals surface area (Å²) in [4.78, 5) is 8.62. The molecule has 0 saturated carbocycles. The molecule has 26 heavy (non-hydrogen) atoms. The Kier molecular flexibility index (Phi) is 3.63. The lowest BCUT2D eigenvalue weighted by Gasteiger charge is -2.29. The highest BCUT2D eigenvalue weighted by Gasteiger charge is 2.35. The molecule has 2 aliphatic heterocycles. The topological polar surface area (TPSA) is 64.9 Å². The van der Waals surface area contributed by atoms with Crippen LogP contribution in [0, 0.1) is 12.7 Å². The maximum atomic E-state index is 14.4. The molecule has 3 aromatic rings. The third-order valence-electron chi connectivity index (χ3n) is 5.37. The lowest BCUT2D eigenvalue weighted by molar-refractivity contribution is 0.133. The molecule has 2 bridgehead atoms. The number of ether oxygens (including phenoxy) is 1. The monoisotopic (exact) mass is 353 g/mol. The van der Waals surface area contributed by atoms with Gasteiger partial charge in [0.1, 0.15) is 29.3 Å². The first-order valence-electron chi connectivity index (χ1n) is 9.05. The third kappa shape index (κ3) is 2.63. The Bertz CT molecular complexity index is 960. The molecule has 7 heteroatoms. The third-order valence-corrected chi connectivity index (χ3v) is 5.37. The van der Waals surface area contributed by atoms with Gasteiger partial charge in [-0.3, -0.25) is 0 Å². The van der Waals surface area contributed by atoms with Crippen molar-refractivity contribution in [3.8, 4) is 11.6 Å². The molecule has 2 fully saturated rings. The van der Waals surface area contributed by atoms with Crippen LogP contribution in [0.3, 0.4) is 0 Å². The Labute approximate surface area is 150 Å². The number of aromatic nitrogens is 4. The van der Waals surface area contributed by atoms with Crippen LogP contribution in [0.1, 0.15) is 31.2 Å². The molecule has 2 unspecified atom stereocenters. The number of hydrogen-bond acceptors (Lipinski definition) is 5. The first kappa shape index (κ1) is 15.7. The summed E-state index contributed by atoms with van der Waals surface area (Å²) in [5, 5.41) is 8.65. The highest BCUT2D eigenvalue weighted by Crippen LogP contribution is 2.31. The van der Waals surface area contributed by atoms with E-state index in [0.29, 0.717) is 34.7 Å². The molecule has 0 amide bonds. The zero-order chi connectivity index (χ0) is 17.7. The van der Waals surface area contributed by atoms with Gasteiger partial charge in [-0.05, 0) is 50.3 Å². The predicted molar refractivity (Wildman–Crippen MR) is 95.0 cm³/mol. The fourth-order valence-electron chi connectivity index (χ4n) is 4.14. The second-order valence-electron chi connectivity index (χ2n) is 7.28. The maximum absolute atomic E-state index is 14.4. The van der Waals surface area contributed by atoms with E-state index in [-0.39, 0.29) is 11.9 Å². The van der Waals surface area contributed by atoms with Gasteiger partial charge in [-0.15, -0.1) is 0 Å². The summed E-state index contributed by atoms with van der Waals surface area (Å²) in [5.41, 5.74) is 1.78. The minimum atomic E-state index is -0.328. The van der Waals surface area contributed by atoms with Gasteiger partial charge in [0.2, 0.25) is 5.88 Å². The van der Waals surface area contributed by atoms with E-state index in [4.69, 9.17) is 4.74 Å². The molecule has 2 saturated heterocycles. The van der Waals surface area contributed by atoms with E-state index in [1.165, 1.54) is 29.9 Å². The van der Waals surface area contributed by atoms with Crippen LogP contribution in [-0.2, 0) is 0 Å².